The van der Waals surface area contributed by atoms with Crippen LogP contribution in [0.25, 0.3) is 59.6 Å². The van der Waals surface area contributed by atoms with Crippen LogP contribution in [0.4, 0.5) is 0 Å². The molecule has 3 heterocycles. The molecule has 0 spiro atoms. The van der Waals surface area contributed by atoms with E-state index in [4.69, 9.17) is 0 Å². The number of hydrogen-bond donors (Lipinski definition) is 0. The van der Waals surface area contributed by atoms with E-state index in [0.29, 0.717) is 0 Å². The van der Waals surface area contributed by atoms with Gasteiger partial charge in [-0.1, -0.05) is 42.5 Å². The van der Waals surface area contributed by atoms with Gasteiger partial charge >= 0.3 is 0 Å². The summed E-state index contributed by atoms with van der Waals surface area (Å²) in [4.78, 5) is 0. The first kappa shape index (κ1) is 11.9. The molecule has 25 heavy (non-hydrogen) atoms. The van der Waals surface area contributed by atoms with E-state index < -0.39 is 0 Å². The Bertz CT molecular complexity index is 1640. The van der Waals surface area contributed by atoms with Crippen molar-refractivity contribution in [1.82, 2.24) is 4.40 Å². The molecule has 0 N–H and O–H groups in total. The summed E-state index contributed by atoms with van der Waals surface area (Å²) in [6.45, 7) is 0. The highest BCUT2D eigenvalue weighted by Gasteiger charge is 2.25. The van der Waals surface area contributed by atoms with Gasteiger partial charge in [0, 0.05) is 32.3 Å². The SMILES string of the molecule is N#Cc1cc2c3cccc4c5cc6ccccc6c6c(c1)c2n(c34)c56. The lowest BCUT2D eigenvalue weighted by molar-refractivity contribution is 1.41. The normalized spacial score (nSPS) is 12.8. The third-order valence-electron chi connectivity index (χ3n) is 5.82. The molecule has 0 fully saturated rings. The van der Waals surface area contributed by atoms with Gasteiger partial charge in [0.15, 0.2) is 0 Å². The van der Waals surface area contributed by atoms with Crippen LogP contribution in [0.2, 0.25) is 0 Å². The maximum absolute atomic E-state index is 9.56. The van der Waals surface area contributed by atoms with Crippen molar-refractivity contribution in [3.05, 3.63) is 66.2 Å². The summed E-state index contributed by atoms with van der Waals surface area (Å²) in [6.07, 6.45) is 0. The number of hydrogen-bond acceptors (Lipinski definition) is 1. The van der Waals surface area contributed by atoms with Crippen molar-refractivity contribution in [2.75, 3.05) is 0 Å². The number of nitrogens with zero attached hydrogens (tertiary/aromatic N) is 2. The molecule has 3 aromatic heterocycles. The molecule has 0 aliphatic rings. The zero-order chi connectivity index (χ0) is 16.3. The standard InChI is InChI=1S/C23H10N2/c24-11-12-8-17-15-6-3-7-16-18-10-13-4-1-2-5-14(13)20-19(9-12)22(17)25(21(15)16)23(18)20/h1-10H. The lowest BCUT2D eigenvalue weighted by Crippen LogP contribution is -1.77. The highest BCUT2D eigenvalue weighted by molar-refractivity contribution is 6.38. The molecule has 0 unspecified atom stereocenters. The summed E-state index contributed by atoms with van der Waals surface area (Å²) in [5.41, 5.74) is 4.57. The number of aromatic nitrogens is 1. The molecule has 112 valence electrons. The Balaban J connectivity index is 2.04. The van der Waals surface area contributed by atoms with Crippen molar-refractivity contribution in [2.24, 2.45) is 0 Å². The van der Waals surface area contributed by atoms with E-state index in [1.54, 1.807) is 0 Å². The Morgan fingerprint density at radius 2 is 1.32 bits per heavy atom. The predicted molar refractivity (Wildman–Crippen MR) is 103 cm³/mol. The summed E-state index contributed by atoms with van der Waals surface area (Å²) in [5.74, 6) is 0. The van der Waals surface area contributed by atoms with Gasteiger partial charge in [-0.05, 0) is 29.0 Å². The second-order valence-electron chi connectivity index (χ2n) is 6.94. The molecule has 2 heteroatoms. The van der Waals surface area contributed by atoms with Crippen molar-refractivity contribution in [1.29, 1.82) is 5.26 Å². The van der Waals surface area contributed by atoms with Gasteiger partial charge in [0.1, 0.15) is 0 Å². The highest BCUT2D eigenvalue weighted by Crippen LogP contribution is 2.48. The second kappa shape index (κ2) is 3.58. The Labute approximate surface area is 142 Å². The molecule has 0 aliphatic carbocycles. The van der Waals surface area contributed by atoms with Crippen LogP contribution < -0.4 is 0 Å². The van der Waals surface area contributed by atoms with Gasteiger partial charge in [-0.2, -0.15) is 5.26 Å². The summed E-state index contributed by atoms with van der Waals surface area (Å²) in [5, 5.41) is 19.6. The largest absolute Gasteiger partial charge is 0.307 e. The zero-order valence-corrected chi connectivity index (χ0v) is 13.2. The molecule has 0 saturated carbocycles. The van der Waals surface area contributed by atoms with Crippen molar-refractivity contribution in [2.45, 2.75) is 0 Å². The quantitative estimate of drug-likeness (QED) is 0.343. The molecule has 0 bridgehead atoms. The fourth-order valence-electron chi connectivity index (χ4n) is 4.94. The van der Waals surface area contributed by atoms with Gasteiger partial charge < -0.3 is 4.40 Å². The average Bonchev–Trinajstić information content (AvgIpc) is 3.29. The smallest absolute Gasteiger partial charge is 0.0992 e. The molecule has 0 saturated heterocycles. The van der Waals surface area contributed by atoms with E-state index in [2.05, 4.69) is 65.1 Å². The maximum atomic E-state index is 9.56. The molecule has 4 aromatic carbocycles. The number of benzene rings is 4. The molecule has 0 aliphatic heterocycles. The molecular weight excluding hydrogens is 304 g/mol. The summed E-state index contributed by atoms with van der Waals surface area (Å²) in [7, 11) is 0. The first-order valence-corrected chi connectivity index (χ1v) is 8.45. The Hall–Kier alpha value is -3.57. The van der Waals surface area contributed by atoms with Crippen LogP contribution in [0.1, 0.15) is 5.56 Å². The first-order valence-electron chi connectivity index (χ1n) is 8.45. The minimum atomic E-state index is 0.733. The van der Waals surface area contributed by atoms with E-state index in [1.807, 2.05) is 6.07 Å². The fourth-order valence-corrected chi connectivity index (χ4v) is 4.94. The van der Waals surface area contributed by atoms with Crippen molar-refractivity contribution in [3.63, 3.8) is 0 Å². The molecule has 0 radical (unpaired) electrons. The number of fused-ring (bicyclic) bond motifs is 5. The topological polar surface area (TPSA) is 28.2 Å². The maximum Gasteiger partial charge on any atom is 0.0992 e. The molecular formula is C23H10N2. The minimum Gasteiger partial charge on any atom is -0.307 e. The third-order valence-corrected chi connectivity index (χ3v) is 5.82. The lowest BCUT2D eigenvalue weighted by Gasteiger charge is -2.02. The number of rotatable bonds is 0. The van der Waals surface area contributed by atoms with Crippen LogP contribution >= 0.6 is 0 Å². The van der Waals surface area contributed by atoms with Crippen LogP contribution in [0.3, 0.4) is 0 Å². The van der Waals surface area contributed by atoms with Gasteiger partial charge in [-0.3, -0.25) is 0 Å². The zero-order valence-electron chi connectivity index (χ0n) is 13.2. The highest BCUT2D eigenvalue weighted by atomic mass is 14.9. The summed E-state index contributed by atoms with van der Waals surface area (Å²) < 4.78 is 2.42. The van der Waals surface area contributed by atoms with E-state index in [9.17, 15) is 5.26 Å². The third kappa shape index (κ3) is 1.10. The van der Waals surface area contributed by atoms with Gasteiger partial charge in [0.2, 0.25) is 0 Å². The van der Waals surface area contributed by atoms with Gasteiger partial charge in [0.05, 0.1) is 28.2 Å². The van der Waals surface area contributed by atoms with Gasteiger partial charge in [-0.25, -0.2) is 0 Å². The van der Waals surface area contributed by atoms with Crippen LogP contribution in [0.15, 0.2) is 60.7 Å². The van der Waals surface area contributed by atoms with Crippen LogP contribution in [0, 0.1) is 11.3 Å². The summed E-state index contributed by atoms with van der Waals surface area (Å²) in [6, 6.07) is 23.9. The number of para-hydroxylation sites is 1. The minimum absolute atomic E-state index is 0.733. The van der Waals surface area contributed by atoms with Crippen molar-refractivity contribution < 1.29 is 0 Å². The van der Waals surface area contributed by atoms with Crippen LogP contribution in [-0.4, -0.2) is 4.40 Å². The molecule has 0 atom stereocenters. The predicted octanol–water partition coefficient (Wildman–Crippen LogP) is 5.89. The Kier molecular flexibility index (Phi) is 1.70. The molecule has 0 amide bonds. The number of nitriles is 1. The van der Waals surface area contributed by atoms with Gasteiger partial charge in [0.25, 0.3) is 0 Å². The lowest BCUT2D eigenvalue weighted by atomic mass is 10.00. The van der Waals surface area contributed by atoms with E-state index in [0.717, 1.165) is 5.56 Å². The molecule has 2 nitrogen and oxygen atoms in total. The van der Waals surface area contributed by atoms with Gasteiger partial charge in [-0.15, -0.1) is 0 Å². The first-order chi connectivity index (χ1) is 12.4. The average molecular weight is 314 g/mol. The molecule has 7 aromatic rings. The Morgan fingerprint density at radius 3 is 2.16 bits per heavy atom. The fraction of sp³-hybridized carbons (Fsp3) is 0. The van der Waals surface area contributed by atoms with Crippen molar-refractivity contribution >= 4 is 59.6 Å². The second-order valence-corrected chi connectivity index (χ2v) is 6.94. The van der Waals surface area contributed by atoms with E-state index in [1.165, 1.54) is 59.6 Å². The monoisotopic (exact) mass is 314 g/mol. The van der Waals surface area contributed by atoms with Crippen LogP contribution in [0.5, 0.6) is 0 Å². The molecule has 7 rings (SSSR count). The summed E-state index contributed by atoms with van der Waals surface area (Å²) >= 11 is 0. The van der Waals surface area contributed by atoms with Crippen molar-refractivity contribution in [3.8, 4) is 6.07 Å². The van der Waals surface area contributed by atoms with Crippen LogP contribution in [-0.2, 0) is 0 Å². The van der Waals surface area contributed by atoms with E-state index in [-0.39, 0.29) is 0 Å². The Morgan fingerprint density at radius 1 is 0.640 bits per heavy atom. The van der Waals surface area contributed by atoms with E-state index >= 15 is 0 Å².